The molecule has 9 heteroatoms. The van der Waals surface area contributed by atoms with E-state index in [0.717, 1.165) is 74.5 Å². The Bertz CT molecular complexity index is 918. The second kappa shape index (κ2) is 7.72. The molecule has 0 aromatic carbocycles. The van der Waals surface area contributed by atoms with E-state index >= 15 is 0 Å². The quantitative estimate of drug-likeness (QED) is 0.715. The first-order valence-corrected chi connectivity index (χ1v) is 10.2. The van der Waals surface area contributed by atoms with Crippen molar-refractivity contribution in [2.75, 3.05) is 31.6 Å². The van der Waals surface area contributed by atoms with Gasteiger partial charge in [-0.3, -0.25) is 4.98 Å². The van der Waals surface area contributed by atoms with Gasteiger partial charge in [-0.2, -0.15) is 13.2 Å². The normalized spacial score (nSPS) is 20.6. The Labute approximate surface area is 172 Å². The van der Waals surface area contributed by atoms with Gasteiger partial charge in [-0.15, -0.1) is 10.2 Å². The number of halogens is 4. The second-order valence-corrected chi connectivity index (χ2v) is 8.29. The molecule has 4 heterocycles. The summed E-state index contributed by atoms with van der Waals surface area (Å²) in [5.41, 5.74) is 1.79. The highest BCUT2D eigenvalue weighted by Crippen LogP contribution is 2.37. The predicted octanol–water partition coefficient (Wildman–Crippen LogP) is 4.37. The smallest absolute Gasteiger partial charge is 0.351 e. The zero-order chi connectivity index (χ0) is 20.8. The number of piperidine rings is 1. The van der Waals surface area contributed by atoms with Gasteiger partial charge in [0, 0.05) is 30.9 Å². The minimum absolute atomic E-state index is 0.0706. The molecule has 2 aromatic heterocycles. The van der Waals surface area contributed by atoms with Gasteiger partial charge in [-0.25, -0.2) is 0 Å². The summed E-state index contributed by atoms with van der Waals surface area (Å²) in [6.45, 7) is 4.97. The number of fused-ring (bicyclic) bond motifs is 1. The maximum atomic E-state index is 12.9. The Kier molecular flexibility index (Phi) is 5.42. The average Bonchev–Trinajstić information content (AvgIpc) is 2.68. The molecule has 0 aliphatic carbocycles. The van der Waals surface area contributed by atoms with E-state index in [-0.39, 0.29) is 10.7 Å². The first kappa shape index (κ1) is 20.3. The molecule has 5 nitrogen and oxygen atoms in total. The van der Waals surface area contributed by atoms with E-state index < -0.39 is 11.7 Å². The van der Waals surface area contributed by atoms with Crippen LogP contribution < -0.4 is 4.90 Å². The summed E-state index contributed by atoms with van der Waals surface area (Å²) < 4.78 is 38.8. The Balaban J connectivity index is 1.70. The molecule has 156 valence electrons. The first-order chi connectivity index (χ1) is 13.8. The second-order valence-electron chi connectivity index (χ2n) is 7.88. The summed E-state index contributed by atoms with van der Waals surface area (Å²) in [6.07, 6.45) is 0.459. The summed E-state index contributed by atoms with van der Waals surface area (Å²) in [6, 6.07) is 1.30. The van der Waals surface area contributed by atoms with Crippen molar-refractivity contribution in [2.24, 2.45) is 0 Å². The lowest BCUT2D eigenvalue weighted by atomic mass is 9.95. The Morgan fingerprint density at radius 1 is 1.14 bits per heavy atom. The van der Waals surface area contributed by atoms with E-state index in [9.17, 15) is 13.2 Å². The Morgan fingerprint density at radius 2 is 1.93 bits per heavy atom. The molecule has 2 aromatic rings. The van der Waals surface area contributed by atoms with Crippen LogP contribution in [0.15, 0.2) is 12.3 Å². The molecule has 29 heavy (non-hydrogen) atoms. The van der Waals surface area contributed by atoms with Gasteiger partial charge in [-0.05, 0) is 57.8 Å². The van der Waals surface area contributed by atoms with Crippen LogP contribution in [0.5, 0.6) is 0 Å². The number of hydrogen-bond donors (Lipinski definition) is 0. The van der Waals surface area contributed by atoms with Crippen LogP contribution in [0.2, 0.25) is 5.02 Å². The van der Waals surface area contributed by atoms with E-state index in [2.05, 4.69) is 32.0 Å². The van der Waals surface area contributed by atoms with Crippen LogP contribution in [0.1, 0.15) is 36.0 Å². The number of aromatic nitrogens is 3. The largest absolute Gasteiger partial charge is 0.417 e. The van der Waals surface area contributed by atoms with Crippen LogP contribution in [0.4, 0.5) is 19.0 Å². The molecule has 0 radical (unpaired) electrons. The summed E-state index contributed by atoms with van der Waals surface area (Å²) >= 11 is 6.15. The third kappa shape index (κ3) is 3.92. The van der Waals surface area contributed by atoms with Crippen LogP contribution >= 0.6 is 11.6 Å². The standard InChI is InChI=1S/C20H23ClF3N5/c1-12-15-6-4-8-29(14-5-3-7-28(2)11-14)19(15)27-26-17(12)18-16(21)9-13(10-25-18)20(22,23)24/h9-10,14H,3-8,11H2,1-2H3/t14-/m0/s1. The molecule has 0 saturated carbocycles. The number of likely N-dealkylation sites (tertiary alicyclic amines) is 1. The number of rotatable bonds is 2. The van der Waals surface area contributed by atoms with Crippen molar-refractivity contribution in [3.8, 4) is 11.4 Å². The molecule has 4 rings (SSSR count). The van der Waals surface area contributed by atoms with Gasteiger partial charge in [0.05, 0.1) is 10.6 Å². The summed E-state index contributed by atoms with van der Waals surface area (Å²) in [4.78, 5) is 8.65. The van der Waals surface area contributed by atoms with E-state index in [0.29, 0.717) is 11.7 Å². The van der Waals surface area contributed by atoms with Crippen LogP contribution in [-0.2, 0) is 12.6 Å². The van der Waals surface area contributed by atoms with Crippen molar-refractivity contribution in [1.82, 2.24) is 20.1 Å². The molecule has 0 spiro atoms. The topological polar surface area (TPSA) is 45.2 Å². The Hall–Kier alpha value is -1.93. The molecule has 1 saturated heterocycles. The molecule has 0 bridgehead atoms. The first-order valence-electron chi connectivity index (χ1n) is 9.80. The van der Waals surface area contributed by atoms with E-state index in [1.807, 2.05) is 6.92 Å². The minimum atomic E-state index is -4.49. The molecular formula is C20H23ClF3N5. The van der Waals surface area contributed by atoms with Gasteiger partial charge < -0.3 is 9.80 Å². The van der Waals surface area contributed by atoms with Crippen molar-refractivity contribution in [3.05, 3.63) is 34.0 Å². The van der Waals surface area contributed by atoms with Crippen molar-refractivity contribution in [2.45, 2.75) is 44.8 Å². The molecule has 1 fully saturated rings. The summed E-state index contributed by atoms with van der Waals surface area (Å²) in [5.74, 6) is 0.890. The average molecular weight is 426 g/mol. The van der Waals surface area contributed by atoms with Crippen molar-refractivity contribution < 1.29 is 13.2 Å². The Morgan fingerprint density at radius 3 is 2.62 bits per heavy atom. The van der Waals surface area contributed by atoms with Gasteiger partial charge in [-0.1, -0.05) is 11.6 Å². The molecule has 0 unspecified atom stereocenters. The van der Waals surface area contributed by atoms with Crippen molar-refractivity contribution in [3.63, 3.8) is 0 Å². The molecule has 0 amide bonds. The lowest BCUT2D eigenvalue weighted by Gasteiger charge is -2.41. The fourth-order valence-corrected chi connectivity index (χ4v) is 4.60. The summed E-state index contributed by atoms with van der Waals surface area (Å²) in [7, 11) is 2.13. The molecule has 0 N–H and O–H groups in total. The van der Waals surface area contributed by atoms with Crippen LogP contribution in [0.25, 0.3) is 11.4 Å². The monoisotopic (exact) mass is 425 g/mol. The van der Waals surface area contributed by atoms with Crippen LogP contribution in [0, 0.1) is 6.92 Å². The predicted molar refractivity (Wildman–Crippen MR) is 106 cm³/mol. The van der Waals surface area contributed by atoms with Gasteiger partial charge in [0.15, 0.2) is 5.82 Å². The fourth-order valence-electron chi connectivity index (χ4n) is 4.35. The zero-order valence-corrected chi connectivity index (χ0v) is 17.2. The highest BCUT2D eigenvalue weighted by Gasteiger charge is 2.33. The van der Waals surface area contributed by atoms with Gasteiger partial charge in [0.25, 0.3) is 0 Å². The van der Waals surface area contributed by atoms with E-state index in [1.165, 1.54) is 0 Å². The van der Waals surface area contributed by atoms with Gasteiger partial charge >= 0.3 is 6.18 Å². The SMILES string of the molecule is Cc1c(-c2ncc(C(F)(F)F)cc2Cl)nnc2c1CCCN2[C@H]1CCCN(C)C1. The third-order valence-electron chi connectivity index (χ3n) is 5.85. The highest BCUT2D eigenvalue weighted by molar-refractivity contribution is 6.33. The lowest BCUT2D eigenvalue weighted by Crippen LogP contribution is -2.49. The summed E-state index contributed by atoms with van der Waals surface area (Å²) in [5, 5.41) is 8.76. The van der Waals surface area contributed by atoms with Crippen LogP contribution in [0.3, 0.4) is 0 Å². The molecule has 2 aliphatic heterocycles. The number of anilines is 1. The maximum Gasteiger partial charge on any atom is 0.417 e. The van der Waals surface area contributed by atoms with E-state index in [1.54, 1.807) is 0 Å². The molecular weight excluding hydrogens is 403 g/mol. The number of likely N-dealkylation sites (N-methyl/N-ethyl adjacent to an activating group) is 1. The third-order valence-corrected chi connectivity index (χ3v) is 6.14. The number of pyridine rings is 1. The molecule has 2 aliphatic rings. The van der Waals surface area contributed by atoms with Crippen molar-refractivity contribution >= 4 is 17.4 Å². The van der Waals surface area contributed by atoms with Gasteiger partial charge in [0.2, 0.25) is 0 Å². The molecule has 1 atom stereocenters. The minimum Gasteiger partial charge on any atom is -0.351 e. The van der Waals surface area contributed by atoms with E-state index in [4.69, 9.17) is 11.6 Å². The maximum absolute atomic E-state index is 12.9. The van der Waals surface area contributed by atoms with Crippen molar-refractivity contribution in [1.29, 1.82) is 0 Å². The number of nitrogens with zero attached hydrogens (tertiary/aromatic N) is 5. The lowest BCUT2D eigenvalue weighted by molar-refractivity contribution is -0.137. The fraction of sp³-hybridized carbons (Fsp3) is 0.550. The number of alkyl halides is 3. The zero-order valence-electron chi connectivity index (χ0n) is 16.4. The van der Waals surface area contributed by atoms with Crippen LogP contribution in [-0.4, -0.2) is 52.8 Å². The number of hydrogen-bond acceptors (Lipinski definition) is 5. The highest BCUT2D eigenvalue weighted by atomic mass is 35.5. The van der Waals surface area contributed by atoms with Gasteiger partial charge in [0.1, 0.15) is 11.4 Å².